The number of carbonyl (C=O) groups is 1. The zero-order valence-electron chi connectivity index (χ0n) is 12.8. The standard InChI is InChI=1S/C19H19NO2S/c21-19(20-11-10-16-8-5-13-23-16)14-17(18-9-4-12-22-18)15-6-2-1-3-7-15/h1-9,12-13,17H,10-11,14H2,(H,20,21). The summed E-state index contributed by atoms with van der Waals surface area (Å²) in [6.07, 6.45) is 2.92. The van der Waals surface area contributed by atoms with Crippen molar-refractivity contribution in [1.82, 2.24) is 5.32 Å². The molecule has 1 aromatic carbocycles. The minimum atomic E-state index is -0.0482. The summed E-state index contributed by atoms with van der Waals surface area (Å²) < 4.78 is 5.54. The normalized spacial score (nSPS) is 12.0. The number of hydrogen-bond donors (Lipinski definition) is 1. The molecule has 2 heterocycles. The van der Waals surface area contributed by atoms with Crippen LogP contribution in [0.2, 0.25) is 0 Å². The van der Waals surface area contributed by atoms with Crippen LogP contribution in [0.1, 0.15) is 28.5 Å². The van der Waals surface area contributed by atoms with E-state index >= 15 is 0 Å². The average Bonchev–Trinajstić information content (AvgIpc) is 3.27. The van der Waals surface area contributed by atoms with Crippen LogP contribution in [0.5, 0.6) is 0 Å². The Morgan fingerprint density at radius 3 is 2.65 bits per heavy atom. The molecule has 1 atom stereocenters. The van der Waals surface area contributed by atoms with Gasteiger partial charge in [-0.25, -0.2) is 0 Å². The van der Waals surface area contributed by atoms with Crippen LogP contribution in [-0.4, -0.2) is 12.5 Å². The summed E-state index contributed by atoms with van der Waals surface area (Å²) in [6.45, 7) is 0.666. The van der Waals surface area contributed by atoms with Crippen molar-refractivity contribution in [1.29, 1.82) is 0 Å². The highest BCUT2D eigenvalue weighted by Crippen LogP contribution is 2.28. The molecule has 4 heteroatoms. The molecule has 1 N–H and O–H groups in total. The first kappa shape index (κ1) is 15.6. The van der Waals surface area contributed by atoms with Crippen LogP contribution in [0.25, 0.3) is 0 Å². The van der Waals surface area contributed by atoms with Crippen LogP contribution in [0, 0.1) is 0 Å². The molecular formula is C19H19NO2S. The number of benzene rings is 1. The molecule has 0 radical (unpaired) electrons. The lowest BCUT2D eigenvalue weighted by molar-refractivity contribution is -0.121. The quantitative estimate of drug-likeness (QED) is 0.706. The van der Waals surface area contributed by atoms with E-state index in [4.69, 9.17) is 4.42 Å². The van der Waals surface area contributed by atoms with Crippen LogP contribution >= 0.6 is 11.3 Å². The minimum absolute atomic E-state index is 0.0480. The minimum Gasteiger partial charge on any atom is -0.469 e. The number of hydrogen-bond acceptors (Lipinski definition) is 3. The monoisotopic (exact) mass is 325 g/mol. The van der Waals surface area contributed by atoms with Crippen molar-refractivity contribution in [2.24, 2.45) is 0 Å². The van der Waals surface area contributed by atoms with E-state index < -0.39 is 0 Å². The first-order chi connectivity index (χ1) is 11.3. The Morgan fingerprint density at radius 2 is 1.96 bits per heavy atom. The Hall–Kier alpha value is -2.33. The molecule has 118 valence electrons. The first-order valence-corrected chi connectivity index (χ1v) is 8.58. The summed E-state index contributed by atoms with van der Waals surface area (Å²) >= 11 is 1.72. The molecule has 0 aliphatic heterocycles. The van der Waals surface area contributed by atoms with Crippen molar-refractivity contribution in [2.45, 2.75) is 18.8 Å². The molecule has 0 spiro atoms. The highest BCUT2D eigenvalue weighted by molar-refractivity contribution is 7.09. The highest BCUT2D eigenvalue weighted by atomic mass is 32.1. The van der Waals surface area contributed by atoms with Crippen LogP contribution in [0.3, 0.4) is 0 Å². The van der Waals surface area contributed by atoms with Crippen LogP contribution < -0.4 is 5.32 Å². The van der Waals surface area contributed by atoms with Crippen LogP contribution in [-0.2, 0) is 11.2 Å². The predicted molar refractivity (Wildman–Crippen MR) is 92.6 cm³/mol. The van der Waals surface area contributed by atoms with Gasteiger partial charge in [-0.05, 0) is 35.6 Å². The van der Waals surface area contributed by atoms with Gasteiger partial charge in [-0.1, -0.05) is 36.4 Å². The van der Waals surface area contributed by atoms with E-state index in [1.807, 2.05) is 48.5 Å². The largest absolute Gasteiger partial charge is 0.469 e. The molecule has 0 aliphatic rings. The maximum atomic E-state index is 12.3. The van der Waals surface area contributed by atoms with Gasteiger partial charge in [0.05, 0.1) is 12.2 Å². The second-order valence-corrected chi connectivity index (χ2v) is 6.39. The van der Waals surface area contributed by atoms with Gasteiger partial charge in [-0.15, -0.1) is 11.3 Å². The van der Waals surface area contributed by atoms with Gasteiger partial charge in [0.25, 0.3) is 0 Å². The number of amides is 1. The van der Waals surface area contributed by atoms with Gasteiger partial charge in [0.15, 0.2) is 0 Å². The molecule has 0 bridgehead atoms. The highest BCUT2D eigenvalue weighted by Gasteiger charge is 2.20. The van der Waals surface area contributed by atoms with E-state index in [9.17, 15) is 4.79 Å². The van der Waals surface area contributed by atoms with Gasteiger partial charge in [-0.2, -0.15) is 0 Å². The number of furan rings is 1. The van der Waals surface area contributed by atoms with E-state index in [0.717, 1.165) is 17.7 Å². The molecule has 1 unspecified atom stereocenters. The maximum absolute atomic E-state index is 12.3. The predicted octanol–water partition coefficient (Wildman–Crippen LogP) is 4.22. The van der Waals surface area contributed by atoms with E-state index in [2.05, 4.69) is 16.8 Å². The number of carbonyl (C=O) groups excluding carboxylic acids is 1. The fourth-order valence-corrected chi connectivity index (χ4v) is 3.30. The van der Waals surface area contributed by atoms with Gasteiger partial charge >= 0.3 is 0 Å². The summed E-state index contributed by atoms with van der Waals surface area (Å²) in [5, 5.41) is 5.06. The first-order valence-electron chi connectivity index (χ1n) is 7.70. The molecule has 1 amide bonds. The molecule has 3 rings (SSSR count). The molecule has 23 heavy (non-hydrogen) atoms. The van der Waals surface area contributed by atoms with Gasteiger partial charge in [0.2, 0.25) is 5.91 Å². The van der Waals surface area contributed by atoms with Crippen molar-refractivity contribution in [3.8, 4) is 0 Å². The van der Waals surface area contributed by atoms with Crippen molar-refractivity contribution >= 4 is 17.2 Å². The molecule has 3 aromatic rings. The van der Waals surface area contributed by atoms with E-state index in [-0.39, 0.29) is 11.8 Å². The second kappa shape index (κ2) is 7.79. The molecule has 0 saturated carbocycles. The molecule has 3 nitrogen and oxygen atoms in total. The number of thiophene rings is 1. The van der Waals surface area contributed by atoms with Gasteiger partial charge in [-0.3, -0.25) is 4.79 Å². The van der Waals surface area contributed by atoms with E-state index in [1.54, 1.807) is 17.6 Å². The van der Waals surface area contributed by atoms with E-state index in [0.29, 0.717) is 13.0 Å². The Bertz CT molecular complexity index is 705. The van der Waals surface area contributed by atoms with Crippen molar-refractivity contribution in [3.63, 3.8) is 0 Å². The Morgan fingerprint density at radius 1 is 1.09 bits per heavy atom. The maximum Gasteiger partial charge on any atom is 0.221 e. The molecule has 2 aromatic heterocycles. The van der Waals surface area contributed by atoms with Crippen molar-refractivity contribution in [3.05, 3.63) is 82.4 Å². The SMILES string of the molecule is O=C(CC(c1ccccc1)c1ccco1)NCCc1cccs1. The third-order valence-electron chi connectivity index (χ3n) is 3.75. The molecule has 0 aliphatic carbocycles. The lowest BCUT2D eigenvalue weighted by Gasteiger charge is -2.15. The lowest BCUT2D eigenvalue weighted by Crippen LogP contribution is -2.27. The van der Waals surface area contributed by atoms with Crippen molar-refractivity contribution in [2.75, 3.05) is 6.54 Å². The van der Waals surface area contributed by atoms with Crippen LogP contribution in [0.4, 0.5) is 0 Å². The lowest BCUT2D eigenvalue weighted by atomic mass is 9.93. The third kappa shape index (κ3) is 4.33. The zero-order chi connectivity index (χ0) is 15.9. The topological polar surface area (TPSA) is 42.2 Å². The number of nitrogens with one attached hydrogen (secondary N) is 1. The smallest absolute Gasteiger partial charge is 0.221 e. The van der Waals surface area contributed by atoms with Crippen LogP contribution in [0.15, 0.2) is 70.7 Å². The fraction of sp³-hybridized carbons (Fsp3) is 0.211. The molecule has 0 saturated heterocycles. The second-order valence-electron chi connectivity index (χ2n) is 5.36. The van der Waals surface area contributed by atoms with Gasteiger partial charge in [0.1, 0.15) is 5.76 Å². The summed E-state index contributed by atoms with van der Waals surface area (Å²) in [5.41, 5.74) is 1.09. The fourth-order valence-electron chi connectivity index (χ4n) is 2.60. The average molecular weight is 325 g/mol. The molecular weight excluding hydrogens is 306 g/mol. The van der Waals surface area contributed by atoms with E-state index in [1.165, 1.54) is 4.88 Å². The summed E-state index contributed by atoms with van der Waals surface area (Å²) in [6, 6.07) is 17.9. The number of rotatable bonds is 7. The summed E-state index contributed by atoms with van der Waals surface area (Å²) in [7, 11) is 0. The molecule has 0 fully saturated rings. The Kier molecular flexibility index (Phi) is 5.27. The Balaban J connectivity index is 1.61. The summed E-state index contributed by atoms with van der Waals surface area (Å²) in [4.78, 5) is 13.6. The Labute approximate surface area is 140 Å². The van der Waals surface area contributed by atoms with Gasteiger partial charge in [0, 0.05) is 17.8 Å². The van der Waals surface area contributed by atoms with Gasteiger partial charge < -0.3 is 9.73 Å². The summed E-state index contributed by atoms with van der Waals surface area (Å²) in [5.74, 6) is 0.823. The zero-order valence-corrected chi connectivity index (χ0v) is 13.6. The van der Waals surface area contributed by atoms with Crippen molar-refractivity contribution < 1.29 is 9.21 Å². The third-order valence-corrected chi connectivity index (χ3v) is 4.69.